The van der Waals surface area contributed by atoms with E-state index in [1.165, 1.54) is 20.2 Å². The van der Waals surface area contributed by atoms with E-state index in [0.29, 0.717) is 6.54 Å². The number of nitrogens with zero attached hydrogens (tertiary/aromatic N) is 1. The largest absolute Gasteiger partial charge is 0.321 e. The van der Waals surface area contributed by atoms with Crippen molar-refractivity contribution in [2.24, 2.45) is 0 Å². The topological polar surface area (TPSA) is 50.9 Å². The average Bonchev–Trinajstić information content (AvgIpc) is 3.12. The molecule has 3 aromatic rings. The van der Waals surface area contributed by atoms with Crippen LogP contribution in [0.4, 0.5) is 5.69 Å². The molecule has 1 saturated heterocycles. The number of hydrogen-bond donors (Lipinski definition) is 3. The maximum Gasteiger partial charge on any atom is 0.279 e. The first kappa shape index (κ1) is 19.1. The predicted octanol–water partition coefficient (Wildman–Crippen LogP) is 0.781. The van der Waals surface area contributed by atoms with Crippen LogP contribution >= 0.6 is 11.3 Å². The number of carbonyl (C=O) groups excluding carboxylic acids is 1. The molecule has 0 aliphatic carbocycles. The number of aryl methyl sites for hydroxylation is 1. The van der Waals surface area contributed by atoms with Crippen molar-refractivity contribution in [2.75, 3.05) is 38.0 Å². The van der Waals surface area contributed by atoms with Gasteiger partial charge in [-0.3, -0.25) is 4.79 Å². The zero-order valence-corrected chi connectivity index (χ0v) is 17.1. The van der Waals surface area contributed by atoms with Gasteiger partial charge in [-0.1, -0.05) is 37.3 Å². The summed E-state index contributed by atoms with van der Waals surface area (Å²) in [6, 6.07) is 16.4. The summed E-state index contributed by atoms with van der Waals surface area (Å²) < 4.78 is 1.27. The van der Waals surface area contributed by atoms with E-state index in [1.807, 2.05) is 24.3 Å². The van der Waals surface area contributed by atoms with Gasteiger partial charge in [0, 0.05) is 5.69 Å². The Kier molecular flexibility index (Phi) is 6.00. The van der Waals surface area contributed by atoms with Crippen LogP contribution in [0.25, 0.3) is 10.2 Å². The maximum atomic E-state index is 12.5. The Morgan fingerprint density at radius 1 is 1.04 bits per heavy atom. The van der Waals surface area contributed by atoms with Gasteiger partial charge in [0.05, 0.1) is 10.2 Å². The fourth-order valence-corrected chi connectivity index (χ4v) is 4.93. The Morgan fingerprint density at radius 2 is 1.75 bits per heavy atom. The van der Waals surface area contributed by atoms with Crippen LogP contribution in [0, 0.1) is 0 Å². The highest BCUT2D eigenvalue weighted by atomic mass is 32.1. The first-order chi connectivity index (χ1) is 13.7. The number of amides is 1. The highest BCUT2D eigenvalue weighted by Gasteiger charge is 2.25. The van der Waals surface area contributed by atoms with Crippen molar-refractivity contribution < 1.29 is 14.6 Å². The van der Waals surface area contributed by atoms with E-state index in [2.05, 4.69) is 36.5 Å². The molecule has 1 aliphatic rings. The van der Waals surface area contributed by atoms with Crippen molar-refractivity contribution in [3.8, 4) is 0 Å². The van der Waals surface area contributed by atoms with Gasteiger partial charge in [-0.25, -0.2) is 4.98 Å². The molecule has 4 rings (SSSR count). The molecule has 1 aliphatic heterocycles. The van der Waals surface area contributed by atoms with Crippen molar-refractivity contribution in [2.45, 2.75) is 19.9 Å². The molecule has 0 unspecified atom stereocenters. The van der Waals surface area contributed by atoms with Gasteiger partial charge >= 0.3 is 0 Å². The summed E-state index contributed by atoms with van der Waals surface area (Å²) in [6.07, 6.45) is 0.928. The molecular weight excluding hydrogens is 368 g/mol. The minimum absolute atomic E-state index is 0.116. The lowest BCUT2D eigenvalue weighted by Crippen LogP contribution is -3.28. The molecular formula is C22H28N4OS+2. The number of thiazole rings is 1. The van der Waals surface area contributed by atoms with E-state index in [9.17, 15) is 4.79 Å². The minimum Gasteiger partial charge on any atom is -0.321 e. The van der Waals surface area contributed by atoms with Crippen LogP contribution in [0.1, 0.15) is 17.5 Å². The Labute approximate surface area is 170 Å². The summed E-state index contributed by atoms with van der Waals surface area (Å²) in [4.78, 5) is 20.2. The zero-order valence-electron chi connectivity index (χ0n) is 16.3. The van der Waals surface area contributed by atoms with Crippen LogP contribution in [-0.4, -0.2) is 43.6 Å². The smallest absolute Gasteiger partial charge is 0.279 e. The highest BCUT2D eigenvalue weighted by Crippen LogP contribution is 2.20. The third kappa shape index (κ3) is 4.58. The molecule has 2 heterocycles. The summed E-state index contributed by atoms with van der Waals surface area (Å²) >= 11 is 1.80. The molecule has 2 aromatic carbocycles. The Morgan fingerprint density at radius 3 is 2.54 bits per heavy atom. The molecule has 5 nitrogen and oxygen atoms in total. The van der Waals surface area contributed by atoms with Gasteiger partial charge in [-0.05, 0) is 30.2 Å². The summed E-state index contributed by atoms with van der Waals surface area (Å²) in [5.41, 5.74) is 3.25. The molecule has 0 radical (unpaired) electrons. The van der Waals surface area contributed by atoms with E-state index >= 15 is 0 Å². The normalized spacial score (nSPS) is 19.6. The molecule has 0 atom stereocenters. The number of quaternary nitrogens is 2. The number of hydrogen-bond acceptors (Lipinski definition) is 3. The number of fused-ring (bicyclic) bond motifs is 1. The van der Waals surface area contributed by atoms with E-state index in [4.69, 9.17) is 4.98 Å². The van der Waals surface area contributed by atoms with Crippen LogP contribution in [0.5, 0.6) is 0 Å². The lowest BCUT2D eigenvalue weighted by atomic mass is 10.1. The van der Waals surface area contributed by atoms with E-state index in [-0.39, 0.29) is 5.91 Å². The van der Waals surface area contributed by atoms with Crippen LogP contribution < -0.4 is 15.1 Å². The molecule has 1 aromatic heterocycles. The van der Waals surface area contributed by atoms with Crippen molar-refractivity contribution in [3.63, 3.8) is 0 Å². The second-order valence-electron chi connectivity index (χ2n) is 7.49. The second-order valence-corrected chi connectivity index (χ2v) is 8.60. The molecule has 0 bridgehead atoms. The first-order valence-electron chi connectivity index (χ1n) is 10.1. The summed E-state index contributed by atoms with van der Waals surface area (Å²) in [5.74, 6) is 0.116. The van der Waals surface area contributed by atoms with Gasteiger partial charge in [0.1, 0.15) is 37.7 Å². The number of carbonyl (C=O) groups is 1. The highest BCUT2D eigenvalue weighted by molar-refractivity contribution is 7.18. The van der Waals surface area contributed by atoms with Crippen LogP contribution in [-0.2, 0) is 17.8 Å². The number of nitrogens with one attached hydrogen (secondary N) is 3. The third-order valence-electron chi connectivity index (χ3n) is 5.49. The van der Waals surface area contributed by atoms with Crippen molar-refractivity contribution in [1.29, 1.82) is 0 Å². The molecule has 6 heteroatoms. The molecule has 28 heavy (non-hydrogen) atoms. The monoisotopic (exact) mass is 396 g/mol. The molecule has 0 saturated carbocycles. The zero-order chi connectivity index (χ0) is 19.3. The van der Waals surface area contributed by atoms with Crippen LogP contribution in [0.2, 0.25) is 0 Å². The van der Waals surface area contributed by atoms with Crippen LogP contribution in [0.3, 0.4) is 0 Å². The lowest BCUT2D eigenvalue weighted by molar-refractivity contribution is -1.01. The molecule has 1 fully saturated rings. The fraction of sp³-hybridized carbons (Fsp3) is 0.364. The molecule has 3 N–H and O–H groups in total. The predicted molar refractivity (Wildman–Crippen MR) is 114 cm³/mol. The Balaban J connectivity index is 1.26. The van der Waals surface area contributed by atoms with E-state index < -0.39 is 0 Å². The quantitative estimate of drug-likeness (QED) is 0.577. The molecule has 0 spiro atoms. The Hall–Kier alpha value is -2.28. The summed E-state index contributed by atoms with van der Waals surface area (Å²) in [7, 11) is 0. The van der Waals surface area contributed by atoms with Gasteiger partial charge in [0.25, 0.3) is 5.91 Å². The number of piperazine rings is 1. The standard InChI is InChI=1S/C22H26N4OS/c1-2-17-7-3-4-8-18(17)23-21(27)15-25-11-13-26(14-12-25)16-22-24-19-9-5-6-10-20(19)28-22/h3-10H,2,11-16H2,1H3,(H,23,27)/p+2. The third-order valence-corrected chi connectivity index (χ3v) is 6.52. The van der Waals surface area contributed by atoms with Gasteiger partial charge < -0.3 is 15.1 Å². The molecule has 146 valence electrons. The average molecular weight is 397 g/mol. The minimum atomic E-state index is 0.116. The number of benzene rings is 2. The number of aromatic nitrogens is 1. The van der Waals surface area contributed by atoms with E-state index in [1.54, 1.807) is 16.2 Å². The fourth-order valence-electron chi connectivity index (χ4n) is 3.89. The van der Waals surface area contributed by atoms with Gasteiger partial charge in [-0.2, -0.15) is 0 Å². The van der Waals surface area contributed by atoms with Crippen molar-refractivity contribution in [3.05, 3.63) is 59.1 Å². The number of anilines is 1. The van der Waals surface area contributed by atoms with Crippen molar-refractivity contribution >= 4 is 33.1 Å². The number of rotatable bonds is 6. The van der Waals surface area contributed by atoms with Gasteiger partial charge in [0.15, 0.2) is 6.54 Å². The van der Waals surface area contributed by atoms with Crippen molar-refractivity contribution in [1.82, 2.24) is 4.98 Å². The maximum absolute atomic E-state index is 12.5. The van der Waals surface area contributed by atoms with Gasteiger partial charge in [0.2, 0.25) is 0 Å². The SMILES string of the molecule is CCc1ccccc1NC(=O)C[NH+]1CC[NH+](Cc2nc3ccccc3s2)CC1. The summed E-state index contributed by atoms with van der Waals surface area (Å²) in [6.45, 7) is 7.89. The van der Waals surface area contributed by atoms with Crippen LogP contribution in [0.15, 0.2) is 48.5 Å². The second kappa shape index (κ2) is 8.82. The Bertz CT molecular complexity index is 913. The van der Waals surface area contributed by atoms with Gasteiger partial charge in [-0.15, -0.1) is 11.3 Å². The lowest BCUT2D eigenvalue weighted by Gasteiger charge is -2.28. The number of para-hydroxylation sites is 2. The van der Waals surface area contributed by atoms with E-state index in [0.717, 1.165) is 50.3 Å². The summed E-state index contributed by atoms with van der Waals surface area (Å²) in [5, 5.41) is 4.32. The molecule has 1 amide bonds. The first-order valence-corrected chi connectivity index (χ1v) is 10.9.